The summed E-state index contributed by atoms with van der Waals surface area (Å²) in [5.74, 6) is -1.66. The van der Waals surface area contributed by atoms with Gasteiger partial charge in [-0.1, -0.05) is 6.92 Å². The monoisotopic (exact) mass is 264 g/mol. The minimum atomic E-state index is -0.817. The molecule has 2 N–H and O–H groups in total. The molecular formula is C13H16N2O4. The second kappa shape index (κ2) is 5.17. The van der Waals surface area contributed by atoms with Crippen LogP contribution in [-0.2, 0) is 11.8 Å². The second-order valence-electron chi connectivity index (χ2n) is 4.43. The third-order valence-corrected chi connectivity index (χ3v) is 3.19. The molecule has 0 amide bonds. The van der Waals surface area contributed by atoms with Gasteiger partial charge in [0.15, 0.2) is 5.58 Å². The van der Waals surface area contributed by atoms with Gasteiger partial charge in [0.25, 0.3) is 0 Å². The van der Waals surface area contributed by atoms with Gasteiger partial charge in [-0.2, -0.15) is 0 Å². The molecule has 2 rings (SSSR count). The Morgan fingerprint density at radius 2 is 2.26 bits per heavy atom. The minimum Gasteiger partial charge on any atom is -0.481 e. The molecule has 1 aromatic heterocycles. The lowest BCUT2D eigenvalue weighted by Gasteiger charge is -2.11. The number of aromatic nitrogens is 1. The van der Waals surface area contributed by atoms with E-state index in [0.29, 0.717) is 24.1 Å². The number of oxazole rings is 1. The summed E-state index contributed by atoms with van der Waals surface area (Å²) in [6, 6.07) is 5.27. The van der Waals surface area contributed by atoms with E-state index in [1.165, 1.54) is 4.57 Å². The average molecular weight is 264 g/mol. The van der Waals surface area contributed by atoms with Crippen molar-refractivity contribution < 1.29 is 14.3 Å². The van der Waals surface area contributed by atoms with Crippen LogP contribution in [-0.4, -0.2) is 22.2 Å². The van der Waals surface area contributed by atoms with Gasteiger partial charge >= 0.3 is 11.7 Å². The fourth-order valence-corrected chi connectivity index (χ4v) is 1.89. The topological polar surface area (TPSA) is 84.5 Å². The maximum atomic E-state index is 11.3. The first-order chi connectivity index (χ1) is 9.02. The number of hydrogen-bond acceptors (Lipinski definition) is 4. The number of fused-ring (bicyclic) bond motifs is 1. The highest BCUT2D eigenvalue weighted by Crippen LogP contribution is 2.18. The summed E-state index contributed by atoms with van der Waals surface area (Å²) in [5.41, 5.74) is 1.93. The van der Waals surface area contributed by atoms with Crippen LogP contribution in [0.5, 0.6) is 0 Å². The van der Waals surface area contributed by atoms with E-state index in [4.69, 9.17) is 9.52 Å². The molecule has 19 heavy (non-hydrogen) atoms. The van der Waals surface area contributed by atoms with Crippen LogP contribution in [0.3, 0.4) is 0 Å². The maximum Gasteiger partial charge on any atom is 0.419 e. The van der Waals surface area contributed by atoms with Crippen molar-refractivity contribution >= 4 is 22.8 Å². The zero-order valence-corrected chi connectivity index (χ0v) is 10.8. The molecule has 0 fully saturated rings. The van der Waals surface area contributed by atoms with Crippen molar-refractivity contribution in [2.45, 2.75) is 13.3 Å². The van der Waals surface area contributed by atoms with Crippen molar-refractivity contribution in [1.82, 2.24) is 4.57 Å². The van der Waals surface area contributed by atoms with Crippen molar-refractivity contribution in [3.63, 3.8) is 0 Å². The van der Waals surface area contributed by atoms with Crippen LogP contribution in [0.2, 0.25) is 0 Å². The number of rotatable bonds is 5. The molecule has 102 valence electrons. The Hall–Kier alpha value is -2.24. The highest BCUT2D eigenvalue weighted by molar-refractivity contribution is 5.77. The van der Waals surface area contributed by atoms with Gasteiger partial charge in [0.1, 0.15) is 0 Å². The van der Waals surface area contributed by atoms with Gasteiger partial charge in [-0.25, -0.2) is 4.79 Å². The standard InChI is InChI=1S/C13H16N2O4/c1-3-8(12(16)17)7-14-9-4-5-10-11(6-9)19-13(18)15(10)2/h4-6,8,14H,3,7H2,1-2H3,(H,16,17). The van der Waals surface area contributed by atoms with Gasteiger partial charge in [0, 0.05) is 25.3 Å². The zero-order valence-electron chi connectivity index (χ0n) is 10.8. The molecule has 2 aromatic rings. The number of nitrogens with one attached hydrogen (secondary N) is 1. The molecule has 0 spiro atoms. The largest absolute Gasteiger partial charge is 0.481 e. The molecule has 0 saturated carbocycles. The first-order valence-corrected chi connectivity index (χ1v) is 6.09. The minimum absolute atomic E-state index is 0.342. The maximum absolute atomic E-state index is 11.3. The van der Waals surface area contributed by atoms with Crippen molar-refractivity contribution in [2.75, 3.05) is 11.9 Å². The molecule has 0 radical (unpaired) electrons. The molecule has 1 atom stereocenters. The Morgan fingerprint density at radius 1 is 1.53 bits per heavy atom. The van der Waals surface area contributed by atoms with Gasteiger partial charge in [0.2, 0.25) is 0 Å². The van der Waals surface area contributed by atoms with E-state index in [-0.39, 0.29) is 0 Å². The van der Waals surface area contributed by atoms with Crippen LogP contribution in [0.25, 0.3) is 11.1 Å². The molecule has 0 aliphatic rings. The predicted octanol–water partition coefficient (Wildman–Crippen LogP) is 1.65. The van der Waals surface area contributed by atoms with Crippen LogP contribution < -0.4 is 11.1 Å². The number of carboxylic acid groups (broad SMARTS) is 1. The lowest BCUT2D eigenvalue weighted by Crippen LogP contribution is -2.21. The third-order valence-electron chi connectivity index (χ3n) is 3.19. The Kier molecular flexibility index (Phi) is 3.59. The van der Waals surface area contributed by atoms with Crippen LogP contribution >= 0.6 is 0 Å². The van der Waals surface area contributed by atoms with Crippen LogP contribution in [0.4, 0.5) is 5.69 Å². The highest BCUT2D eigenvalue weighted by atomic mass is 16.4. The molecule has 1 heterocycles. The number of carbonyl (C=O) groups is 1. The quantitative estimate of drug-likeness (QED) is 0.857. The van der Waals surface area contributed by atoms with Gasteiger partial charge in [0.05, 0.1) is 11.4 Å². The summed E-state index contributed by atoms with van der Waals surface area (Å²) in [4.78, 5) is 22.3. The summed E-state index contributed by atoms with van der Waals surface area (Å²) in [6.07, 6.45) is 0.561. The second-order valence-corrected chi connectivity index (χ2v) is 4.43. The van der Waals surface area contributed by atoms with Crippen molar-refractivity contribution in [3.05, 3.63) is 28.7 Å². The third kappa shape index (κ3) is 2.62. The SMILES string of the molecule is CCC(CNc1ccc2c(c1)oc(=O)n2C)C(=O)O. The smallest absolute Gasteiger partial charge is 0.419 e. The summed E-state index contributed by atoms with van der Waals surface area (Å²) < 4.78 is 6.49. The number of aryl methyl sites for hydroxylation is 1. The predicted molar refractivity (Wildman–Crippen MR) is 71.4 cm³/mol. The Bertz CT molecular complexity index is 656. The number of benzene rings is 1. The molecular weight excluding hydrogens is 248 g/mol. The van der Waals surface area contributed by atoms with Gasteiger partial charge in [-0.3, -0.25) is 9.36 Å². The fourth-order valence-electron chi connectivity index (χ4n) is 1.89. The molecule has 1 aromatic carbocycles. The van der Waals surface area contributed by atoms with Crippen molar-refractivity contribution in [2.24, 2.45) is 13.0 Å². The van der Waals surface area contributed by atoms with E-state index < -0.39 is 17.6 Å². The molecule has 0 aliphatic heterocycles. The number of hydrogen-bond donors (Lipinski definition) is 2. The van der Waals surface area contributed by atoms with Gasteiger partial charge in [-0.05, 0) is 18.6 Å². The Morgan fingerprint density at radius 3 is 2.89 bits per heavy atom. The average Bonchev–Trinajstić information content (AvgIpc) is 2.65. The van der Waals surface area contributed by atoms with Crippen LogP contribution in [0, 0.1) is 5.92 Å². The number of nitrogens with zero attached hydrogens (tertiary/aromatic N) is 1. The van der Waals surface area contributed by atoms with E-state index in [9.17, 15) is 9.59 Å². The molecule has 0 saturated heterocycles. The van der Waals surface area contributed by atoms with E-state index in [1.807, 2.05) is 6.92 Å². The summed E-state index contributed by atoms with van der Waals surface area (Å²) >= 11 is 0. The fraction of sp³-hybridized carbons (Fsp3) is 0.385. The Balaban J connectivity index is 2.18. The lowest BCUT2D eigenvalue weighted by molar-refractivity contribution is -0.141. The number of aliphatic carboxylic acids is 1. The highest BCUT2D eigenvalue weighted by Gasteiger charge is 2.14. The van der Waals surface area contributed by atoms with Crippen LogP contribution in [0.1, 0.15) is 13.3 Å². The molecule has 6 nitrogen and oxygen atoms in total. The summed E-state index contributed by atoms with van der Waals surface area (Å²) in [5, 5.41) is 12.0. The lowest BCUT2D eigenvalue weighted by atomic mass is 10.1. The first-order valence-electron chi connectivity index (χ1n) is 6.09. The van der Waals surface area contributed by atoms with E-state index >= 15 is 0 Å². The molecule has 0 bridgehead atoms. The zero-order chi connectivity index (χ0) is 14.0. The van der Waals surface area contributed by atoms with Gasteiger partial charge < -0.3 is 14.8 Å². The summed E-state index contributed by atoms with van der Waals surface area (Å²) in [6.45, 7) is 2.17. The van der Waals surface area contributed by atoms with Crippen LogP contribution in [0.15, 0.2) is 27.4 Å². The summed E-state index contributed by atoms with van der Waals surface area (Å²) in [7, 11) is 1.64. The van der Waals surface area contributed by atoms with Crippen molar-refractivity contribution in [1.29, 1.82) is 0 Å². The van der Waals surface area contributed by atoms with Crippen molar-refractivity contribution in [3.8, 4) is 0 Å². The molecule has 0 aliphatic carbocycles. The first kappa shape index (κ1) is 13.2. The van der Waals surface area contributed by atoms with E-state index in [0.717, 1.165) is 5.69 Å². The van der Waals surface area contributed by atoms with E-state index in [1.54, 1.807) is 25.2 Å². The van der Waals surface area contributed by atoms with E-state index in [2.05, 4.69) is 5.32 Å². The van der Waals surface area contributed by atoms with Gasteiger partial charge in [-0.15, -0.1) is 0 Å². The molecule has 6 heteroatoms. The molecule has 1 unspecified atom stereocenters. The Labute approximate surface area is 109 Å². The number of carboxylic acids is 1. The normalized spacial score (nSPS) is 12.5. The number of anilines is 1.